The number of carbonyl (C=O) groups excluding carboxylic acids is 2. The molecule has 30 heavy (non-hydrogen) atoms. The lowest BCUT2D eigenvalue weighted by Gasteiger charge is -2.30. The number of nitrogens with zero attached hydrogens (tertiary/aromatic N) is 1. The van der Waals surface area contributed by atoms with Gasteiger partial charge in [-0.25, -0.2) is 0 Å². The van der Waals surface area contributed by atoms with Gasteiger partial charge in [-0.15, -0.1) is 0 Å². The minimum Gasteiger partial charge on any atom is -0.497 e. The van der Waals surface area contributed by atoms with Crippen LogP contribution >= 0.6 is 0 Å². The van der Waals surface area contributed by atoms with E-state index in [0.717, 1.165) is 31.7 Å². The molecule has 1 amide bonds. The summed E-state index contributed by atoms with van der Waals surface area (Å²) in [5, 5.41) is 2.92. The van der Waals surface area contributed by atoms with Crippen LogP contribution in [0.15, 0.2) is 42.5 Å². The molecule has 0 aliphatic carbocycles. The lowest BCUT2D eigenvalue weighted by molar-refractivity contribution is -0.117. The van der Waals surface area contributed by atoms with Crippen LogP contribution in [0.1, 0.15) is 23.2 Å². The molecule has 0 bridgehead atoms. The molecule has 7 nitrogen and oxygen atoms in total. The maximum atomic E-state index is 12.7. The summed E-state index contributed by atoms with van der Waals surface area (Å²) >= 11 is 0. The lowest BCUT2D eigenvalue weighted by Crippen LogP contribution is -2.40. The van der Waals surface area contributed by atoms with Crippen LogP contribution in [0.3, 0.4) is 0 Å². The summed E-state index contributed by atoms with van der Waals surface area (Å²) in [6.45, 7) is 2.80. The zero-order valence-corrected chi connectivity index (χ0v) is 17.1. The minimum atomic E-state index is -0.0772. The van der Waals surface area contributed by atoms with Crippen LogP contribution < -0.4 is 19.5 Å². The highest BCUT2D eigenvalue weighted by molar-refractivity contribution is 5.98. The first kappa shape index (κ1) is 20.2. The first-order chi connectivity index (χ1) is 14.6. The molecule has 2 aromatic rings. The van der Waals surface area contributed by atoms with E-state index in [1.165, 1.54) is 0 Å². The quantitative estimate of drug-likeness (QED) is 0.738. The smallest absolute Gasteiger partial charge is 0.238 e. The van der Waals surface area contributed by atoms with Gasteiger partial charge in [0.2, 0.25) is 5.91 Å². The topological polar surface area (TPSA) is 77.1 Å². The summed E-state index contributed by atoms with van der Waals surface area (Å²) in [5.74, 6) is 2.17. The lowest BCUT2D eigenvalue weighted by atomic mass is 9.89. The molecule has 7 heteroatoms. The summed E-state index contributed by atoms with van der Waals surface area (Å²) < 4.78 is 16.2. The minimum absolute atomic E-state index is 0.00417. The number of hydrogen-bond donors (Lipinski definition) is 1. The number of methoxy groups -OCH3 is 1. The Hall–Kier alpha value is -3.06. The van der Waals surface area contributed by atoms with E-state index in [-0.39, 0.29) is 17.6 Å². The third kappa shape index (κ3) is 4.74. The Balaban J connectivity index is 1.26. The van der Waals surface area contributed by atoms with Gasteiger partial charge in [-0.1, -0.05) is 0 Å². The number of ketones is 1. The normalized spacial score (nSPS) is 16.7. The molecule has 1 fully saturated rings. The molecule has 2 aliphatic rings. The van der Waals surface area contributed by atoms with Crippen molar-refractivity contribution in [2.45, 2.75) is 12.8 Å². The Morgan fingerprint density at radius 2 is 1.73 bits per heavy atom. The summed E-state index contributed by atoms with van der Waals surface area (Å²) in [6, 6.07) is 12.6. The highest BCUT2D eigenvalue weighted by Crippen LogP contribution is 2.32. The summed E-state index contributed by atoms with van der Waals surface area (Å²) in [6.07, 6.45) is 1.50. The van der Waals surface area contributed by atoms with Crippen molar-refractivity contribution in [3.05, 3.63) is 48.0 Å². The van der Waals surface area contributed by atoms with Crippen molar-refractivity contribution in [3.63, 3.8) is 0 Å². The van der Waals surface area contributed by atoms with E-state index >= 15 is 0 Å². The third-order valence-corrected chi connectivity index (χ3v) is 5.53. The fourth-order valence-electron chi connectivity index (χ4n) is 3.87. The van der Waals surface area contributed by atoms with Crippen LogP contribution in [0.2, 0.25) is 0 Å². The Bertz CT molecular complexity index is 904. The van der Waals surface area contributed by atoms with Gasteiger partial charge in [0.25, 0.3) is 0 Å². The van der Waals surface area contributed by atoms with Crippen molar-refractivity contribution in [2.75, 3.05) is 45.3 Å². The molecule has 2 aliphatic heterocycles. The van der Waals surface area contributed by atoms with Crippen LogP contribution in [0.25, 0.3) is 0 Å². The van der Waals surface area contributed by atoms with Gasteiger partial charge in [0, 0.05) is 23.2 Å². The van der Waals surface area contributed by atoms with Crippen molar-refractivity contribution in [3.8, 4) is 17.2 Å². The van der Waals surface area contributed by atoms with Gasteiger partial charge >= 0.3 is 0 Å². The second-order valence-corrected chi connectivity index (χ2v) is 7.55. The van der Waals surface area contributed by atoms with E-state index in [2.05, 4.69) is 10.2 Å². The summed E-state index contributed by atoms with van der Waals surface area (Å²) in [5.41, 5.74) is 1.40. The number of benzene rings is 2. The van der Waals surface area contributed by atoms with Gasteiger partial charge in [0.05, 0.1) is 13.7 Å². The molecule has 0 aromatic heterocycles. The van der Waals surface area contributed by atoms with E-state index in [0.29, 0.717) is 42.5 Å². The van der Waals surface area contributed by atoms with Crippen molar-refractivity contribution in [1.29, 1.82) is 0 Å². The zero-order chi connectivity index (χ0) is 20.9. The molecule has 158 valence electrons. The average Bonchev–Trinajstić information content (AvgIpc) is 2.79. The van der Waals surface area contributed by atoms with Crippen molar-refractivity contribution in [1.82, 2.24) is 4.90 Å². The van der Waals surface area contributed by atoms with E-state index in [1.807, 2.05) is 30.3 Å². The van der Waals surface area contributed by atoms with Crippen LogP contribution in [-0.4, -0.2) is 56.5 Å². The highest BCUT2D eigenvalue weighted by Gasteiger charge is 2.26. The van der Waals surface area contributed by atoms with Crippen LogP contribution in [0.4, 0.5) is 5.69 Å². The van der Waals surface area contributed by atoms with E-state index in [4.69, 9.17) is 14.2 Å². The Morgan fingerprint density at radius 3 is 2.43 bits per heavy atom. The van der Waals surface area contributed by atoms with Crippen LogP contribution in [0, 0.1) is 5.92 Å². The molecule has 0 saturated carbocycles. The highest BCUT2D eigenvalue weighted by atomic mass is 16.6. The summed E-state index contributed by atoms with van der Waals surface area (Å²) in [7, 11) is 1.61. The Labute approximate surface area is 175 Å². The van der Waals surface area contributed by atoms with Crippen molar-refractivity contribution in [2.24, 2.45) is 5.92 Å². The number of fused-ring (bicyclic) bond motifs is 1. The number of ether oxygens (including phenoxy) is 3. The largest absolute Gasteiger partial charge is 0.497 e. The number of piperidine rings is 1. The molecule has 1 N–H and O–H groups in total. The number of hydrogen-bond acceptors (Lipinski definition) is 6. The maximum Gasteiger partial charge on any atom is 0.238 e. The number of likely N-dealkylation sites (tertiary alicyclic amines) is 1. The molecule has 0 spiro atoms. The molecule has 2 aromatic carbocycles. The van der Waals surface area contributed by atoms with Gasteiger partial charge in [-0.05, 0) is 62.3 Å². The van der Waals surface area contributed by atoms with Crippen LogP contribution in [-0.2, 0) is 4.79 Å². The van der Waals surface area contributed by atoms with Gasteiger partial charge in [-0.2, -0.15) is 0 Å². The fraction of sp³-hybridized carbons (Fsp3) is 0.391. The Morgan fingerprint density at radius 1 is 1.03 bits per heavy atom. The van der Waals surface area contributed by atoms with Crippen LogP contribution in [0.5, 0.6) is 17.2 Å². The van der Waals surface area contributed by atoms with E-state index < -0.39 is 0 Å². The second kappa shape index (κ2) is 9.17. The molecular formula is C23H26N2O5. The average molecular weight is 410 g/mol. The fourth-order valence-corrected chi connectivity index (χ4v) is 3.87. The van der Waals surface area contributed by atoms with Gasteiger partial charge in [0.1, 0.15) is 19.0 Å². The maximum absolute atomic E-state index is 12.7. The third-order valence-electron chi connectivity index (χ3n) is 5.53. The number of nitrogens with one attached hydrogen (secondary N) is 1. The second-order valence-electron chi connectivity index (χ2n) is 7.55. The van der Waals surface area contributed by atoms with Crippen molar-refractivity contribution >= 4 is 17.4 Å². The van der Waals surface area contributed by atoms with Gasteiger partial charge in [0.15, 0.2) is 17.3 Å². The zero-order valence-electron chi connectivity index (χ0n) is 17.1. The molecule has 0 atom stereocenters. The number of rotatable bonds is 6. The molecule has 4 rings (SSSR count). The SMILES string of the molecule is COc1ccc(C(=O)C2CCN(CC(=O)Nc3ccc4c(c3)OCCO4)CC2)cc1. The predicted octanol–water partition coefficient (Wildman–Crippen LogP) is 3.00. The van der Waals surface area contributed by atoms with Gasteiger partial charge in [-0.3, -0.25) is 14.5 Å². The molecular weight excluding hydrogens is 384 g/mol. The first-order valence-electron chi connectivity index (χ1n) is 10.2. The first-order valence-corrected chi connectivity index (χ1v) is 10.2. The van der Waals surface area contributed by atoms with E-state index in [1.54, 1.807) is 19.2 Å². The monoisotopic (exact) mass is 410 g/mol. The molecule has 2 heterocycles. The Kier molecular flexibility index (Phi) is 6.18. The number of amides is 1. The number of Topliss-reactive ketones (excluding diaryl/α,β-unsaturated/α-hetero) is 1. The van der Waals surface area contributed by atoms with Gasteiger partial charge < -0.3 is 19.5 Å². The summed E-state index contributed by atoms with van der Waals surface area (Å²) in [4.78, 5) is 27.3. The van der Waals surface area contributed by atoms with Crippen molar-refractivity contribution < 1.29 is 23.8 Å². The standard InChI is InChI=1S/C23H26N2O5/c1-28-19-5-2-16(3-6-19)23(27)17-8-10-25(11-9-17)15-22(26)24-18-4-7-20-21(14-18)30-13-12-29-20/h2-7,14,17H,8-13,15H2,1H3,(H,24,26). The molecule has 1 saturated heterocycles. The predicted molar refractivity (Wildman–Crippen MR) is 113 cm³/mol. The number of carbonyl (C=O) groups is 2. The molecule has 0 radical (unpaired) electrons. The number of anilines is 1. The molecule has 0 unspecified atom stereocenters. The van der Waals surface area contributed by atoms with E-state index in [9.17, 15) is 9.59 Å².